The fraction of sp³-hybridized carbons (Fsp3) is 0.143. The van der Waals surface area contributed by atoms with Gasteiger partial charge in [-0.3, -0.25) is 0 Å². The maximum atomic E-state index is 9.06. The minimum atomic E-state index is 0.0578. The summed E-state index contributed by atoms with van der Waals surface area (Å²) in [6, 6.07) is 13.5. The first-order chi connectivity index (χ1) is 8.81. The molecule has 0 aliphatic heterocycles. The van der Waals surface area contributed by atoms with Gasteiger partial charge in [-0.25, -0.2) is 4.98 Å². The van der Waals surface area contributed by atoms with Crippen molar-refractivity contribution in [2.24, 2.45) is 0 Å². The lowest BCUT2D eigenvalue weighted by molar-refractivity contribution is 0.281. The van der Waals surface area contributed by atoms with Crippen LogP contribution in [-0.4, -0.2) is 10.1 Å². The molecule has 0 fully saturated rings. The summed E-state index contributed by atoms with van der Waals surface area (Å²) in [5.74, 6) is 0.784. The molecule has 1 aromatic carbocycles. The van der Waals surface area contributed by atoms with E-state index in [1.807, 2.05) is 36.4 Å². The monoisotopic (exact) mass is 256 g/mol. The number of hydrogen-bond donors (Lipinski definition) is 1. The average molecular weight is 256 g/mol. The van der Waals surface area contributed by atoms with Crippen LogP contribution in [0.25, 0.3) is 0 Å². The third kappa shape index (κ3) is 3.33. The number of aliphatic hydroxyl groups is 1. The van der Waals surface area contributed by atoms with E-state index < -0.39 is 0 Å². The molecule has 1 N–H and O–H groups in total. The second kappa shape index (κ2) is 6.20. The van der Waals surface area contributed by atoms with Crippen molar-refractivity contribution in [2.75, 3.05) is 0 Å². The van der Waals surface area contributed by atoms with Crippen LogP contribution in [-0.2, 0) is 12.4 Å². The van der Waals surface area contributed by atoms with Crippen LogP contribution in [0.3, 0.4) is 0 Å². The molecule has 0 atom stereocenters. The van der Waals surface area contributed by atoms with Gasteiger partial charge in [-0.05, 0) is 35.4 Å². The zero-order valence-corrected chi connectivity index (χ0v) is 10.5. The average Bonchev–Trinajstić information content (AvgIpc) is 2.45. The Morgan fingerprint density at radius 2 is 2.11 bits per heavy atom. The Labute approximate surface area is 110 Å². The summed E-state index contributed by atoms with van der Waals surface area (Å²) in [4.78, 5) is 5.05. The van der Waals surface area contributed by atoms with Crippen LogP contribution in [0.4, 0.5) is 0 Å². The number of rotatable bonds is 4. The second-order valence-electron chi connectivity index (χ2n) is 3.76. The van der Waals surface area contributed by atoms with Gasteiger partial charge in [0.1, 0.15) is 11.8 Å². The summed E-state index contributed by atoms with van der Waals surface area (Å²) >= 11 is 1.67. The number of benzene rings is 1. The summed E-state index contributed by atoms with van der Waals surface area (Å²) < 4.78 is 0. The van der Waals surface area contributed by atoms with Crippen molar-refractivity contribution < 1.29 is 5.11 Å². The number of thioether (sulfide) groups is 1. The van der Waals surface area contributed by atoms with E-state index in [0.717, 1.165) is 21.8 Å². The summed E-state index contributed by atoms with van der Waals surface area (Å²) in [6.45, 7) is 0.0578. The number of nitriles is 1. The Bertz CT molecular complexity index is 578. The van der Waals surface area contributed by atoms with Crippen LogP contribution >= 0.6 is 11.8 Å². The number of hydrogen-bond acceptors (Lipinski definition) is 4. The molecule has 0 saturated carbocycles. The number of aromatic nitrogens is 1. The highest BCUT2D eigenvalue weighted by molar-refractivity contribution is 7.98. The summed E-state index contributed by atoms with van der Waals surface area (Å²) in [5, 5.41) is 17.8. The summed E-state index contributed by atoms with van der Waals surface area (Å²) in [6.07, 6.45) is 1.65. The van der Waals surface area contributed by atoms with Crippen molar-refractivity contribution >= 4 is 11.8 Å². The van der Waals surface area contributed by atoms with Gasteiger partial charge in [0.05, 0.1) is 6.61 Å². The fourth-order valence-electron chi connectivity index (χ4n) is 1.53. The van der Waals surface area contributed by atoms with Gasteiger partial charge in [0.25, 0.3) is 0 Å². The quantitative estimate of drug-likeness (QED) is 0.855. The molecule has 0 bridgehead atoms. The van der Waals surface area contributed by atoms with Crippen molar-refractivity contribution in [2.45, 2.75) is 17.3 Å². The largest absolute Gasteiger partial charge is 0.392 e. The predicted molar refractivity (Wildman–Crippen MR) is 70.9 cm³/mol. The molecule has 0 spiro atoms. The third-order valence-corrected chi connectivity index (χ3v) is 3.49. The van der Waals surface area contributed by atoms with Gasteiger partial charge in [-0.1, -0.05) is 12.1 Å². The predicted octanol–water partition coefficient (Wildman–Crippen LogP) is 2.74. The molecule has 4 heteroatoms. The van der Waals surface area contributed by atoms with Gasteiger partial charge in [-0.2, -0.15) is 5.26 Å². The highest BCUT2D eigenvalue weighted by atomic mass is 32.2. The Balaban J connectivity index is 2.04. The molecule has 0 saturated heterocycles. The molecule has 1 heterocycles. The van der Waals surface area contributed by atoms with Crippen molar-refractivity contribution in [3.63, 3.8) is 0 Å². The van der Waals surface area contributed by atoms with Crippen LogP contribution in [0.15, 0.2) is 47.5 Å². The van der Waals surface area contributed by atoms with E-state index in [-0.39, 0.29) is 6.61 Å². The van der Waals surface area contributed by atoms with E-state index in [4.69, 9.17) is 10.4 Å². The molecular weight excluding hydrogens is 244 g/mol. The van der Waals surface area contributed by atoms with E-state index in [9.17, 15) is 0 Å². The summed E-state index contributed by atoms with van der Waals surface area (Å²) in [5.41, 5.74) is 2.42. The van der Waals surface area contributed by atoms with E-state index in [2.05, 4.69) is 4.98 Å². The lowest BCUT2D eigenvalue weighted by Gasteiger charge is -2.04. The molecule has 0 aliphatic carbocycles. The zero-order valence-electron chi connectivity index (χ0n) is 9.71. The molecule has 18 heavy (non-hydrogen) atoms. The van der Waals surface area contributed by atoms with Crippen molar-refractivity contribution in [1.82, 2.24) is 4.98 Å². The second-order valence-corrected chi connectivity index (χ2v) is 4.80. The maximum Gasteiger partial charge on any atom is 0.140 e. The van der Waals surface area contributed by atoms with Gasteiger partial charge in [-0.15, -0.1) is 11.8 Å². The van der Waals surface area contributed by atoms with Gasteiger partial charge in [0.2, 0.25) is 0 Å². The smallest absolute Gasteiger partial charge is 0.140 e. The van der Waals surface area contributed by atoms with Crippen LogP contribution < -0.4 is 0 Å². The first kappa shape index (κ1) is 12.6. The molecule has 0 unspecified atom stereocenters. The van der Waals surface area contributed by atoms with Crippen molar-refractivity contribution in [1.29, 1.82) is 5.26 Å². The van der Waals surface area contributed by atoms with Gasteiger partial charge in [0.15, 0.2) is 0 Å². The van der Waals surface area contributed by atoms with Crippen LogP contribution in [0.1, 0.15) is 16.8 Å². The number of pyridine rings is 1. The van der Waals surface area contributed by atoms with E-state index in [0.29, 0.717) is 5.69 Å². The Morgan fingerprint density at radius 3 is 2.89 bits per heavy atom. The zero-order chi connectivity index (χ0) is 12.8. The van der Waals surface area contributed by atoms with E-state index in [1.165, 1.54) is 0 Å². The highest BCUT2D eigenvalue weighted by Gasteiger charge is 1.99. The molecule has 90 valence electrons. The van der Waals surface area contributed by atoms with Crippen LogP contribution in [0.5, 0.6) is 0 Å². The molecule has 0 radical (unpaired) electrons. The highest BCUT2D eigenvalue weighted by Crippen LogP contribution is 2.23. The number of nitrogens with zero attached hydrogens (tertiary/aromatic N) is 2. The molecule has 2 aromatic rings. The Kier molecular flexibility index (Phi) is 4.35. The Morgan fingerprint density at radius 1 is 1.22 bits per heavy atom. The van der Waals surface area contributed by atoms with E-state index in [1.54, 1.807) is 24.0 Å². The standard InChI is InChI=1S/C14H12N2OS/c15-8-13-6-12(4-5-16-13)10-18-14-3-1-2-11(7-14)9-17/h1-7,17H,9-10H2. The molecule has 1 aromatic heterocycles. The lowest BCUT2D eigenvalue weighted by Crippen LogP contribution is -1.87. The lowest BCUT2D eigenvalue weighted by atomic mass is 10.2. The molecule has 3 nitrogen and oxygen atoms in total. The van der Waals surface area contributed by atoms with Gasteiger partial charge in [0, 0.05) is 16.8 Å². The van der Waals surface area contributed by atoms with Crippen LogP contribution in [0, 0.1) is 11.3 Å². The van der Waals surface area contributed by atoms with Crippen molar-refractivity contribution in [3.8, 4) is 6.07 Å². The van der Waals surface area contributed by atoms with Crippen LogP contribution in [0.2, 0.25) is 0 Å². The molecule has 0 aliphatic rings. The Hall–Kier alpha value is -1.83. The van der Waals surface area contributed by atoms with Gasteiger partial charge < -0.3 is 5.11 Å². The summed E-state index contributed by atoms with van der Waals surface area (Å²) in [7, 11) is 0. The minimum absolute atomic E-state index is 0.0578. The van der Waals surface area contributed by atoms with Crippen molar-refractivity contribution in [3.05, 3.63) is 59.4 Å². The first-order valence-corrected chi connectivity index (χ1v) is 6.48. The molecular formula is C14H12N2OS. The first-order valence-electron chi connectivity index (χ1n) is 5.49. The molecule has 0 amide bonds. The molecule has 2 rings (SSSR count). The van der Waals surface area contributed by atoms with Gasteiger partial charge >= 0.3 is 0 Å². The SMILES string of the molecule is N#Cc1cc(CSc2cccc(CO)c2)ccn1. The minimum Gasteiger partial charge on any atom is -0.392 e. The normalized spacial score (nSPS) is 10.0. The fourth-order valence-corrected chi connectivity index (χ4v) is 2.45. The van der Waals surface area contributed by atoms with E-state index >= 15 is 0 Å². The number of aliphatic hydroxyl groups excluding tert-OH is 1. The third-order valence-electron chi connectivity index (χ3n) is 2.43. The maximum absolute atomic E-state index is 9.06. The topological polar surface area (TPSA) is 56.9 Å².